The summed E-state index contributed by atoms with van der Waals surface area (Å²) in [4.78, 5) is 6.53. The fourth-order valence-electron chi connectivity index (χ4n) is 1.23. The van der Waals surface area contributed by atoms with Gasteiger partial charge in [-0.05, 0) is 24.6 Å². The molecule has 0 aromatic carbocycles. The number of nitrogen functional groups attached to an aromatic ring is 1. The summed E-state index contributed by atoms with van der Waals surface area (Å²) in [6.45, 7) is 1.52. The Bertz CT molecular complexity index is 416. The molecule has 7 heteroatoms. The molecule has 0 fully saturated rings. The SMILES string of the molecule is Cc1ccc(N)c(C(O)C(O)CN=[N+]=[N-])n1. The normalized spacial score (nSPS) is 13.9. The molecule has 1 aromatic rings. The first-order valence-corrected chi connectivity index (χ1v) is 4.66. The predicted molar refractivity (Wildman–Crippen MR) is 58.4 cm³/mol. The molecule has 7 nitrogen and oxygen atoms in total. The minimum absolute atomic E-state index is 0.195. The number of hydrogen-bond acceptors (Lipinski definition) is 5. The van der Waals surface area contributed by atoms with Gasteiger partial charge < -0.3 is 15.9 Å². The quantitative estimate of drug-likeness (QED) is 0.393. The number of hydrogen-bond donors (Lipinski definition) is 3. The average Bonchev–Trinajstić information content (AvgIpc) is 2.28. The number of nitrogens with two attached hydrogens (primary N) is 1. The van der Waals surface area contributed by atoms with Gasteiger partial charge in [-0.3, -0.25) is 4.98 Å². The van der Waals surface area contributed by atoms with E-state index in [1.165, 1.54) is 0 Å². The summed E-state index contributed by atoms with van der Waals surface area (Å²) in [6.07, 6.45) is -2.47. The van der Waals surface area contributed by atoms with E-state index in [1.54, 1.807) is 19.1 Å². The van der Waals surface area contributed by atoms with Crippen molar-refractivity contribution in [2.45, 2.75) is 19.1 Å². The lowest BCUT2D eigenvalue weighted by Gasteiger charge is -2.17. The third-order valence-electron chi connectivity index (χ3n) is 2.07. The number of aryl methyl sites for hydroxylation is 1. The van der Waals surface area contributed by atoms with Gasteiger partial charge in [-0.25, -0.2) is 0 Å². The Morgan fingerprint density at radius 1 is 1.56 bits per heavy atom. The van der Waals surface area contributed by atoms with Crippen molar-refractivity contribution in [3.8, 4) is 0 Å². The topological polar surface area (TPSA) is 128 Å². The highest BCUT2D eigenvalue weighted by molar-refractivity contribution is 5.44. The number of anilines is 1. The van der Waals surface area contributed by atoms with Gasteiger partial charge in [0.15, 0.2) is 0 Å². The van der Waals surface area contributed by atoms with E-state index in [-0.39, 0.29) is 17.9 Å². The highest BCUT2D eigenvalue weighted by Gasteiger charge is 2.21. The van der Waals surface area contributed by atoms with Crippen LogP contribution in [0.4, 0.5) is 5.69 Å². The number of aliphatic hydroxyl groups is 2. The van der Waals surface area contributed by atoms with E-state index in [9.17, 15) is 10.2 Å². The Kier molecular flexibility index (Phi) is 4.07. The summed E-state index contributed by atoms with van der Waals surface area (Å²) in [5.74, 6) is 0. The molecule has 0 saturated carbocycles. The lowest BCUT2D eigenvalue weighted by Crippen LogP contribution is -2.23. The Hall–Kier alpha value is -1.82. The van der Waals surface area contributed by atoms with E-state index in [0.29, 0.717) is 5.69 Å². The Morgan fingerprint density at radius 2 is 2.25 bits per heavy atom. The van der Waals surface area contributed by atoms with Gasteiger partial charge in [0.1, 0.15) is 6.10 Å². The fraction of sp³-hybridized carbons (Fsp3) is 0.444. The summed E-state index contributed by atoms with van der Waals surface area (Å²) in [7, 11) is 0. The Balaban J connectivity index is 2.90. The smallest absolute Gasteiger partial charge is 0.124 e. The predicted octanol–water partition coefficient (Wildman–Crippen LogP) is 0.677. The number of azide groups is 1. The van der Waals surface area contributed by atoms with E-state index >= 15 is 0 Å². The monoisotopic (exact) mass is 223 g/mol. The molecule has 0 amide bonds. The molecule has 16 heavy (non-hydrogen) atoms. The van der Waals surface area contributed by atoms with Crippen LogP contribution in [0.2, 0.25) is 0 Å². The number of aliphatic hydroxyl groups excluding tert-OH is 2. The number of nitrogens with zero attached hydrogens (tertiary/aromatic N) is 4. The number of aromatic nitrogens is 1. The van der Waals surface area contributed by atoms with E-state index in [1.807, 2.05) is 0 Å². The van der Waals surface area contributed by atoms with Crippen molar-refractivity contribution in [1.29, 1.82) is 0 Å². The second-order valence-electron chi connectivity index (χ2n) is 3.35. The van der Waals surface area contributed by atoms with Crippen LogP contribution in [0, 0.1) is 6.92 Å². The first-order chi connectivity index (χ1) is 7.56. The molecule has 1 aromatic heterocycles. The van der Waals surface area contributed by atoms with Crippen molar-refractivity contribution in [2.24, 2.45) is 5.11 Å². The molecule has 0 saturated heterocycles. The van der Waals surface area contributed by atoms with Crippen LogP contribution < -0.4 is 5.73 Å². The molecule has 0 aliphatic rings. The molecule has 0 aliphatic carbocycles. The zero-order valence-electron chi connectivity index (χ0n) is 8.78. The van der Waals surface area contributed by atoms with Crippen molar-refractivity contribution < 1.29 is 10.2 Å². The van der Waals surface area contributed by atoms with Gasteiger partial charge in [-0.1, -0.05) is 5.11 Å². The summed E-state index contributed by atoms with van der Waals surface area (Å²) in [5.41, 5.74) is 14.9. The van der Waals surface area contributed by atoms with Crippen molar-refractivity contribution in [3.05, 3.63) is 34.0 Å². The molecule has 0 bridgehead atoms. The van der Waals surface area contributed by atoms with Gasteiger partial charge in [0.2, 0.25) is 0 Å². The molecular weight excluding hydrogens is 210 g/mol. The highest BCUT2D eigenvalue weighted by Crippen LogP contribution is 2.21. The second-order valence-corrected chi connectivity index (χ2v) is 3.35. The van der Waals surface area contributed by atoms with Crippen LogP contribution >= 0.6 is 0 Å². The fourth-order valence-corrected chi connectivity index (χ4v) is 1.23. The van der Waals surface area contributed by atoms with Crippen LogP contribution in [0.5, 0.6) is 0 Å². The molecule has 2 unspecified atom stereocenters. The summed E-state index contributed by atoms with van der Waals surface area (Å²) in [5, 5.41) is 22.4. The molecule has 0 spiro atoms. The van der Waals surface area contributed by atoms with E-state index in [0.717, 1.165) is 0 Å². The van der Waals surface area contributed by atoms with Crippen LogP contribution in [0.15, 0.2) is 17.2 Å². The molecule has 2 atom stereocenters. The van der Waals surface area contributed by atoms with Gasteiger partial charge in [0, 0.05) is 10.6 Å². The second kappa shape index (κ2) is 5.32. The van der Waals surface area contributed by atoms with E-state index < -0.39 is 12.2 Å². The first-order valence-electron chi connectivity index (χ1n) is 4.66. The van der Waals surface area contributed by atoms with Gasteiger partial charge in [-0.15, -0.1) is 0 Å². The van der Waals surface area contributed by atoms with Crippen molar-refractivity contribution in [3.63, 3.8) is 0 Å². The minimum Gasteiger partial charge on any atom is -0.397 e. The van der Waals surface area contributed by atoms with Crippen LogP contribution in [0.1, 0.15) is 17.5 Å². The lowest BCUT2D eigenvalue weighted by atomic mass is 10.1. The number of pyridine rings is 1. The standard InChI is InChI=1S/C9H13N5O2/c1-5-2-3-6(10)8(13-5)9(16)7(15)4-12-14-11/h2-3,7,9,15-16H,4,10H2,1H3. The Labute approximate surface area is 92.2 Å². The third-order valence-corrected chi connectivity index (χ3v) is 2.07. The van der Waals surface area contributed by atoms with Crippen LogP contribution in [-0.4, -0.2) is 27.8 Å². The molecule has 4 N–H and O–H groups in total. The third kappa shape index (κ3) is 2.83. The summed E-state index contributed by atoms with van der Waals surface area (Å²) < 4.78 is 0. The Morgan fingerprint density at radius 3 is 2.88 bits per heavy atom. The molecule has 1 heterocycles. The highest BCUT2D eigenvalue weighted by atomic mass is 16.3. The molecule has 0 radical (unpaired) electrons. The maximum atomic E-state index is 9.75. The van der Waals surface area contributed by atoms with Crippen molar-refractivity contribution in [1.82, 2.24) is 4.98 Å². The number of rotatable bonds is 4. The van der Waals surface area contributed by atoms with Gasteiger partial charge in [0.25, 0.3) is 0 Å². The first kappa shape index (κ1) is 12.3. The summed E-state index contributed by atoms with van der Waals surface area (Å²) in [6, 6.07) is 3.30. The van der Waals surface area contributed by atoms with Crippen LogP contribution in [0.3, 0.4) is 0 Å². The molecule has 0 aliphatic heterocycles. The van der Waals surface area contributed by atoms with Crippen molar-refractivity contribution >= 4 is 5.69 Å². The van der Waals surface area contributed by atoms with Crippen LogP contribution in [-0.2, 0) is 0 Å². The van der Waals surface area contributed by atoms with Gasteiger partial charge in [0.05, 0.1) is 24.0 Å². The van der Waals surface area contributed by atoms with E-state index in [2.05, 4.69) is 15.0 Å². The van der Waals surface area contributed by atoms with Crippen LogP contribution in [0.25, 0.3) is 10.4 Å². The minimum atomic E-state index is -1.26. The summed E-state index contributed by atoms with van der Waals surface area (Å²) >= 11 is 0. The average molecular weight is 223 g/mol. The zero-order chi connectivity index (χ0) is 12.1. The van der Waals surface area contributed by atoms with Crippen molar-refractivity contribution in [2.75, 3.05) is 12.3 Å². The van der Waals surface area contributed by atoms with Gasteiger partial charge in [-0.2, -0.15) is 0 Å². The molecule has 1 rings (SSSR count). The molecular formula is C9H13N5O2. The largest absolute Gasteiger partial charge is 0.397 e. The van der Waals surface area contributed by atoms with Gasteiger partial charge >= 0.3 is 0 Å². The molecule has 86 valence electrons. The maximum absolute atomic E-state index is 9.75. The van der Waals surface area contributed by atoms with E-state index in [4.69, 9.17) is 11.3 Å². The lowest BCUT2D eigenvalue weighted by molar-refractivity contribution is 0.0222. The zero-order valence-corrected chi connectivity index (χ0v) is 8.78. The maximum Gasteiger partial charge on any atom is 0.124 e.